The van der Waals surface area contributed by atoms with Gasteiger partial charge >= 0.3 is 59.1 Å². The Balaban J connectivity index is 0. The first kappa shape index (κ1) is 24.8. The molecule has 0 amide bonds. The van der Waals surface area contributed by atoms with Gasteiger partial charge in [0.1, 0.15) is 0 Å². The maximum Gasteiger partial charge on any atom is 1.00 e. The fraction of sp³-hybridized carbons (Fsp3) is 0.500. The molecule has 0 radical (unpaired) electrons. The molecule has 0 aliphatic rings. The number of carbonyl (C=O) groups excluding carboxylic acids is 2. The van der Waals surface area contributed by atoms with Crippen LogP contribution in [0.3, 0.4) is 0 Å². The largest absolute Gasteiger partial charge is 1.00 e. The van der Waals surface area contributed by atoms with Crippen LogP contribution in [0.2, 0.25) is 0 Å². The van der Waals surface area contributed by atoms with E-state index in [4.69, 9.17) is 12.6 Å². The number of hydrogen-bond acceptors (Lipinski definition) is 4. The third-order valence-electron chi connectivity index (χ3n) is 3.62. The van der Waals surface area contributed by atoms with Crippen molar-refractivity contribution in [2.75, 3.05) is 0 Å². The molecular weight excluding hydrogens is 318 g/mol. The Hall–Kier alpha value is 0.580. The van der Waals surface area contributed by atoms with Crippen molar-refractivity contribution < 1.29 is 73.8 Å². The molecule has 1 aromatic rings. The SMILES string of the molecule is CCCCCCC(CC(=O)[O-])(C(=O)[S-])c1ccccc1.[Na+].[Na+]. The molecule has 1 aromatic carbocycles. The van der Waals surface area contributed by atoms with Gasteiger partial charge in [-0.1, -0.05) is 62.9 Å². The van der Waals surface area contributed by atoms with E-state index in [1.165, 1.54) is 0 Å². The second-order valence-corrected chi connectivity index (χ2v) is 5.47. The third-order valence-corrected chi connectivity index (χ3v) is 4.01. The topological polar surface area (TPSA) is 57.2 Å². The standard InChI is InChI=1S/C16H22O3S.2Na/c1-2-3-4-8-11-16(15(19)20,12-14(17)18)13-9-6-5-7-10-13;;/h5-7,9-10H,2-4,8,11-12H2,1H3,(H,17,18)(H,19,20);;/q;2*+1/p-2. The summed E-state index contributed by atoms with van der Waals surface area (Å²) < 4.78 is 0. The molecule has 0 saturated carbocycles. The van der Waals surface area contributed by atoms with E-state index in [1.807, 2.05) is 6.07 Å². The summed E-state index contributed by atoms with van der Waals surface area (Å²) in [5, 5.41) is 10.6. The van der Waals surface area contributed by atoms with E-state index in [2.05, 4.69) is 6.92 Å². The summed E-state index contributed by atoms with van der Waals surface area (Å²) in [5.41, 5.74) is -0.441. The Morgan fingerprint density at radius 1 is 1.09 bits per heavy atom. The van der Waals surface area contributed by atoms with Crippen molar-refractivity contribution in [2.24, 2.45) is 0 Å². The first-order valence-electron chi connectivity index (χ1n) is 6.99. The van der Waals surface area contributed by atoms with Gasteiger partial charge in [-0.3, -0.25) is 0 Å². The van der Waals surface area contributed by atoms with Gasteiger partial charge in [0.2, 0.25) is 0 Å². The molecule has 22 heavy (non-hydrogen) atoms. The van der Waals surface area contributed by atoms with Crippen LogP contribution >= 0.6 is 0 Å². The summed E-state index contributed by atoms with van der Waals surface area (Å²) >= 11 is 4.86. The molecule has 0 aromatic heterocycles. The van der Waals surface area contributed by atoms with Crippen LogP contribution in [0.4, 0.5) is 0 Å². The number of carboxylic acid groups (broad SMARTS) is 1. The molecule has 0 N–H and O–H groups in total. The summed E-state index contributed by atoms with van der Waals surface area (Å²) in [5.74, 6) is -1.23. The first-order valence-corrected chi connectivity index (χ1v) is 7.40. The number of carboxylic acids is 1. The van der Waals surface area contributed by atoms with E-state index in [0.717, 1.165) is 25.7 Å². The molecule has 0 fully saturated rings. The molecule has 0 bridgehead atoms. The molecule has 0 saturated heterocycles. The predicted octanol–water partition coefficient (Wildman–Crippen LogP) is -3.88. The Morgan fingerprint density at radius 3 is 2.14 bits per heavy atom. The van der Waals surface area contributed by atoms with Crippen molar-refractivity contribution in [1.29, 1.82) is 0 Å². The average molecular weight is 338 g/mol. The van der Waals surface area contributed by atoms with Crippen LogP contribution in [-0.2, 0) is 27.6 Å². The Bertz CT molecular complexity index is 454. The van der Waals surface area contributed by atoms with Crippen molar-refractivity contribution in [3.05, 3.63) is 35.9 Å². The minimum absolute atomic E-state index is 0. The zero-order chi connectivity index (χ0) is 15.0. The van der Waals surface area contributed by atoms with Gasteiger partial charge in [-0.15, -0.1) is 0 Å². The van der Waals surface area contributed by atoms with E-state index in [0.29, 0.717) is 12.0 Å². The molecule has 0 aliphatic carbocycles. The Morgan fingerprint density at radius 2 is 1.68 bits per heavy atom. The monoisotopic (exact) mass is 338 g/mol. The molecule has 1 rings (SSSR count). The zero-order valence-electron chi connectivity index (χ0n) is 13.8. The van der Waals surface area contributed by atoms with Gasteiger partial charge in [-0.2, -0.15) is 0 Å². The van der Waals surface area contributed by atoms with Crippen LogP contribution in [0, 0.1) is 0 Å². The molecule has 0 heterocycles. The van der Waals surface area contributed by atoms with Crippen LogP contribution < -0.4 is 64.2 Å². The van der Waals surface area contributed by atoms with Crippen LogP contribution in [0.1, 0.15) is 51.0 Å². The van der Waals surface area contributed by atoms with Crippen molar-refractivity contribution in [2.45, 2.75) is 50.9 Å². The molecule has 6 heteroatoms. The maximum absolute atomic E-state index is 12.0. The molecular formula is C16H20Na2O3S. The molecule has 0 aliphatic heterocycles. The minimum Gasteiger partial charge on any atom is -0.741 e. The summed E-state index contributed by atoms with van der Waals surface area (Å²) in [7, 11) is 0. The second-order valence-electron chi connectivity index (χ2n) is 5.10. The summed E-state index contributed by atoms with van der Waals surface area (Å²) in [6.07, 6.45) is 4.04. The van der Waals surface area contributed by atoms with Crippen LogP contribution in [0.15, 0.2) is 30.3 Å². The van der Waals surface area contributed by atoms with Gasteiger partial charge in [0.05, 0.1) is 0 Å². The third kappa shape index (κ3) is 7.43. The van der Waals surface area contributed by atoms with Gasteiger partial charge < -0.3 is 27.3 Å². The molecule has 3 nitrogen and oxygen atoms in total. The zero-order valence-corrected chi connectivity index (χ0v) is 18.6. The van der Waals surface area contributed by atoms with Crippen molar-refractivity contribution in [3.8, 4) is 0 Å². The predicted molar refractivity (Wildman–Crippen MR) is 78.9 cm³/mol. The number of unbranched alkanes of at least 4 members (excludes halogenated alkanes) is 3. The minimum atomic E-state index is -1.23. The van der Waals surface area contributed by atoms with Gasteiger partial charge in [-0.25, -0.2) is 0 Å². The summed E-state index contributed by atoms with van der Waals surface area (Å²) in [6.45, 7) is 2.10. The summed E-state index contributed by atoms with van der Waals surface area (Å²) in [4.78, 5) is 23.1. The maximum atomic E-state index is 12.0. The first-order chi connectivity index (χ1) is 9.53. The fourth-order valence-corrected chi connectivity index (χ4v) is 2.78. The molecule has 0 spiro atoms. The number of hydrogen-bond donors (Lipinski definition) is 0. The van der Waals surface area contributed by atoms with Crippen LogP contribution in [0.25, 0.3) is 0 Å². The molecule has 1 unspecified atom stereocenters. The normalized spacial score (nSPS) is 12.4. The number of benzene rings is 1. The van der Waals surface area contributed by atoms with E-state index < -0.39 is 16.5 Å². The number of aliphatic carboxylic acids is 1. The van der Waals surface area contributed by atoms with Crippen LogP contribution in [0.5, 0.6) is 0 Å². The van der Waals surface area contributed by atoms with Crippen molar-refractivity contribution >= 4 is 23.7 Å². The Labute approximate surface area is 182 Å². The van der Waals surface area contributed by atoms with Gasteiger partial charge in [0.25, 0.3) is 0 Å². The van der Waals surface area contributed by atoms with E-state index >= 15 is 0 Å². The average Bonchev–Trinajstić information content (AvgIpc) is 2.42. The van der Waals surface area contributed by atoms with Gasteiger partial charge in [0.15, 0.2) is 0 Å². The van der Waals surface area contributed by atoms with E-state index in [1.54, 1.807) is 24.3 Å². The quantitative estimate of drug-likeness (QED) is 0.263. The van der Waals surface area contributed by atoms with Gasteiger partial charge in [-0.05, 0) is 12.0 Å². The smallest absolute Gasteiger partial charge is 0.741 e. The number of rotatable bonds is 9. The van der Waals surface area contributed by atoms with E-state index in [9.17, 15) is 14.7 Å². The van der Waals surface area contributed by atoms with E-state index in [-0.39, 0.29) is 65.5 Å². The van der Waals surface area contributed by atoms with Crippen molar-refractivity contribution in [1.82, 2.24) is 0 Å². The molecule has 110 valence electrons. The fourth-order valence-electron chi connectivity index (χ4n) is 2.48. The van der Waals surface area contributed by atoms with Crippen LogP contribution in [-0.4, -0.2) is 11.1 Å². The Kier molecular flexibility index (Phi) is 14.6. The summed E-state index contributed by atoms with van der Waals surface area (Å²) in [6, 6.07) is 8.96. The molecule has 1 atom stereocenters. The van der Waals surface area contributed by atoms with Crippen molar-refractivity contribution in [3.63, 3.8) is 0 Å². The second kappa shape index (κ2) is 12.9. The number of carbonyl (C=O) groups is 2. The van der Waals surface area contributed by atoms with Gasteiger partial charge in [0, 0.05) is 22.9 Å².